The Morgan fingerprint density at radius 3 is 2.27 bits per heavy atom. The molecule has 0 aliphatic heterocycles. The first kappa shape index (κ1) is 12.2. The zero-order valence-corrected chi connectivity index (χ0v) is 8.13. The maximum absolute atomic E-state index is 12.3. The SMILES string of the molecule is Cc1nc(C(F)(F)F)c(C(F)F)cc1Cl. The molecule has 7 heteroatoms. The van der Waals surface area contributed by atoms with E-state index < -0.39 is 23.9 Å². The van der Waals surface area contributed by atoms with Gasteiger partial charge in [-0.2, -0.15) is 13.2 Å². The first-order valence-electron chi connectivity index (χ1n) is 3.76. The summed E-state index contributed by atoms with van der Waals surface area (Å²) in [6.07, 6.45) is -8.16. The second-order valence-electron chi connectivity index (χ2n) is 2.79. The molecule has 0 saturated carbocycles. The number of halogens is 6. The van der Waals surface area contributed by atoms with Crippen LogP contribution in [0.15, 0.2) is 6.07 Å². The van der Waals surface area contributed by atoms with E-state index in [4.69, 9.17) is 11.6 Å². The summed E-state index contributed by atoms with van der Waals surface area (Å²) in [7, 11) is 0. The second kappa shape index (κ2) is 3.92. The molecule has 1 rings (SSSR count). The van der Waals surface area contributed by atoms with Crippen LogP contribution in [-0.4, -0.2) is 4.98 Å². The van der Waals surface area contributed by atoms with Crippen molar-refractivity contribution in [2.45, 2.75) is 19.5 Å². The Morgan fingerprint density at radius 1 is 1.33 bits per heavy atom. The highest BCUT2D eigenvalue weighted by Gasteiger charge is 2.38. The van der Waals surface area contributed by atoms with Crippen molar-refractivity contribution in [3.05, 3.63) is 28.0 Å². The molecule has 0 aromatic carbocycles. The van der Waals surface area contributed by atoms with Crippen LogP contribution in [0.3, 0.4) is 0 Å². The number of aromatic nitrogens is 1. The highest BCUT2D eigenvalue weighted by atomic mass is 35.5. The number of alkyl halides is 5. The molecule has 0 N–H and O–H groups in total. The van der Waals surface area contributed by atoms with Crippen LogP contribution in [0.25, 0.3) is 0 Å². The van der Waals surface area contributed by atoms with Crippen molar-refractivity contribution in [3.8, 4) is 0 Å². The van der Waals surface area contributed by atoms with Crippen LogP contribution in [0.1, 0.15) is 23.4 Å². The van der Waals surface area contributed by atoms with Gasteiger partial charge in [0.15, 0.2) is 5.69 Å². The molecule has 0 aliphatic rings. The van der Waals surface area contributed by atoms with Crippen molar-refractivity contribution in [2.75, 3.05) is 0 Å². The largest absolute Gasteiger partial charge is 0.433 e. The van der Waals surface area contributed by atoms with Crippen molar-refractivity contribution < 1.29 is 22.0 Å². The number of aryl methyl sites for hydroxylation is 1. The zero-order valence-electron chi connectivity index (χ0n) is 7.37. The molecule has 1 heterocycles. The maximum Gasteiger partial charge on any atom is 0.433 e. The summed E-state index contributed by atoms with van der Waals surface area (Å²) in [6.45, 7) is 1.22. The molecule has 0 spiro atoms. The van der Waals surface area contributed by atoms with Crippen molar-refractivity contribution in [3.63, 3.8) is 0 Å². The Kier molecular flexibility index (Phi) is 3.18. The van der Waals surface area contributed by atoms with Crippen LogP contribution in [0.4, 0.5) is 22.0 Å². The van der Waals surface area contributed by atoms with Crippen LogP contribution in [0.2, 0.25) is 5.02 Å². The van der Waals surface area contributed by atoms with Crippen LogP contribution < -0.4 is 0 Å². The summed E-state index contributed by atoms with van der Waals surface area (Å²) in [4.78, 5) is 3.03. The van der Waals surface area contributed by atoms with E-state index in [1.54, 1.807) is 0 Å². The van der Waals surface area contributed by atoms with E-state index in [1.807, 2.05) is 0 Å². The summed E-state index contributed by atoms with van der Waals surface area (Å²) in [5.41, 5.74) is -2.91. The molecule has 0 unspecified atom stereocenters. The first-order valence-corrected chi connectivity index (χ1v) is 4.13. The Hall–Kier alpha value is -0.910. The number of pyridine rings is 1. The van der Waals surface area contributed by atoms with Gasteiger partial charge >= 0.3 is 6.18 Å². The lowest BCUT2D eigenvalue weighted by Crippen LogP contribution is -2.13. The third-order valence-corrected chi connectivity index (χ3v) is 2.07. The fourth-order valence-corrected chi connectivity index (χ4v) is 1.15. The van der Waals surface area contributed by atoms with Gasteiger partial charge in [-0.3, -0.25) is 0 Å². The van der Waals surface area contributed by atoms with E-state index in [1.165, 1.54) is 6.92 Å². The molecule has 84 valence electrons. The molecule has 0 fully saturated rings. The molecular weight excluding hydrogens is 241 g/mol. The van der Waals surface area contributed by atoms with Gasteiger partial charge < -0.3 is 0 Å². The molecule has 1 nitrogen and oxygen atoms in total. The molecule has 0 radical (unpaired) electrons. The van der Waals surface area contributed by atoms with Crippen molar-refractivity contribution in [1.82, 2.24) is 4.98 Å². The van der Waals surface area contributed by atoms with Gasteiger partial charge in [-0.25, -0.2) is 13.8 Å². The van der Waals surface area contributed by atoms with Gasteiger partial charge in [-0.05, 0) is 13.0 Å². The monoisotopic (exact) mass is 245 g/mol. The Bertz CT molecular complexity index is 374. The van der Waals surface area contributed by atoms with E-state index in [-0.39, 0.29) is 10.7 Å². The predicted molar refractivity (Wildman–Crippen MR) is 43.9 cm³/mol. The minimum Gasteiger partial charge on any atom is -0.247 e. The third-order valence-electron chi connectivity index (χ3n) is 1.68. The lowest BCUT2D eigenvalue weighted by Gasteiger charge is -2.12. The fourth-order valence-electron chi connectivity index (χ4n) is 0.988. The quantitative estimate of drug-likeness (QED) is 0.682. The fraction of sp³-hybridized carbons (Fsp3) is 0.375. The minimum absolute atomic E-state index is 0.131. The van der Waals surface area contributed by atoms with Crippen molar-refractivity contribution in [1.29, 1.82) is 0 Å². The average molecular weight is 246 g/mol. The number of rotatable bonds is 1. The van der Waals surface area contributed by atoms with Gasteiger partial charge in [0.2, 0.25) is 0 Å². The Morgan fingerprint density at radius 2 is 1.87 bits per heavy atom. The smallest absolute Gasteiger partial charge is 0.247 e. The van der Waals surface area contributed by atoms with Crippen LogP contribution >= 0.6 is 11.6 Å². The maximum atomic E-state index is 12.3. The molecular formula is C8H5ClF5N. The summed E-state index contributed by atoms with van der Waals surface area (Å²) in [5.74, 6) is 0. The number of nitrogens with zero attached hydrogens (tertiary/aromatic N) is 1. The van der Waals surface area contributed by atoms with E-state index in [0.717, 1.165) is 0 Å². The molecule has 0 atom stereocenters. The number of hydrogen-bond acceptors (Lipinski definition) is 1. The summed E-state index contributed by atoms with van der Waals surface area (Å²) < 4.78 is 61.4. The first-order chi connectivity index (χ1) is 6.73. The predicted octanol–water partition coefficient (Wildman–Crippen LogP) is 4.00. The third kappa shape index (κ3) is 2.56. The summed E-state index contributed by atoms with van der Waals surface area (Å²) in [5, 5.41) is -0.210. The highest BCUT2D eigenvalue weighted by molar-refractivity contribution is 6.31. The zero-order chi connectivity index (χ0) is 11.8. The number of hydrogen-bond donors (Lipinski definition) is 0. The Balaban J connectivity index is 3.42. The van der Waals surface area contributed by atoms with Crippen LogP contribution in [0.5, 0.6) is 0 Å². The van der Waals surface area contributed by atoms with Gasteiger partial charge in [-0.1, -0.05) is 11.6 Å². The summed E-state index contributed by atoms with van der Waals surface area (Å²) >= 11 is 5.42. The average Bonchev–Trinajstić information content (AvgIpc) is 2.06. The van der Waals surface area contributed by atoms with Gasteiger partial charge in [-0.15, -0.1) is 0 Å². The van der Waals surface area contributed by atoms with E-state index in [0.29, 0.717) is 6.07 Å². The molecule has 0 bridgehead atoms. The molecule has 0 amide bonds. The van der Waals surface area contributed by atoms with Crippen LogP contribution in [0, 0.1) is 6.92 Å². The molecule has 1 aromatic rings. The van der Waals surface area contributed by atoms with Gasteiger partial charge in [0.1, 0.15) is 0 Å². The standard InChI is InChI=1S/C8H5ClF5N/c1-3-5(9)2-4(7(10)11)6(15-3)8(12,13)14/h2,7H,1H3. The molecule has 0 aliphatic carbocycles. The van der Waals surface area contributed by atoms with Crippen LogP contribution in [-0.2, 0) is 6.18 Å². The summed E-state index contributed by atoms with van der Waals surface area (Å²) in [6, 6.07) is 0.595. The van der Waals surface area contributed by atoms with Gasteiger partial charge in [0.05, 0.1) is 16.3 Å². The highest BCUT2D eigenvalue weighted by Crippen LogP contribution is 2.36. The molecule has 15 heavy (non-hydrogen) atoms. The minimum atomic E-state index is -4.90. The Labute approximate surface area is 86.9 Å². The second-order valence-corrected chi connectivity index (χ2v) is 3.20. The molecule has 1 aromatic heterocycles. The lowest BCUT2D eigenvalue weighted by molar-refractivity contribution is -0.143. The van der Waals surface area contributed by atoms with E-state index in [9.17, 15) is 22.0 Å². The van der Waals surface area contributed by atoms with E-state index >= 15 is 0 Å². The lowest BCUT2D eigenvalue weighted by atomic mass is 10.1. The van der Waals surface area contributed by atoms with Crippen molar-refractivity contribution in [2.24, 2.45) is 0 Å². The van der Waals surface area contributed by atoms with Gasteiger partial charge in [0, 0.05) is 0 Å². The van der Waals surface area contributed by atoms with E-state index in [2.05, 4.69) is 4.98 Å². The van der Waals surface area contributed by atoms with Crippen molar-refractivity contribution >= 4 is 11.6 Å². The normalized spacial score (nSPS) is 12.3. The van der Waals surface area contributed by atoms with Gasteiger partial charge in [0.25, 0.3) is 6.43 Å². The molecule has 0 saturated heterocycles. The topological polar surface area (TPSA) is 12.9 Å².